The van der Waals surface area contributed by atoms with Gasteiger partial charge in [0.25, 0.3) is 0 Å². The Kier molecular flexibility index (Phi) is 11.8. The number of nitrogens with zero attached hydrogens (tertiary/aromatic N) is 2. The fraction of sp³-hybridized carbons (Fsp3) is 0.261. The van der Waals surface area contributed by atoms with Crippen LogP contribution in [0.5, 0.6) is 23.5 Å². The molecule has 0 saturated heterocycles. The first-order valence-electron chi connectivity index (χ1n) is 18.0. The van der Waals surface area contributed by atoms with Gasteiger partial charge < -0.3 is 18.9 Å². The van der Waals surface area contributed by atoms with E-state index in [9.17, 15) is 0 Å². The van der Waals surface area contributed by atoms with Gasteiger partial charge in [0.2, 0.25) is 23.5 Å². The van der Waals surface area contributed by atoms with Crippen LogP contribution in [-0.2, 0) is 0 Å². The van der Waals surface area contributed by atoms with Gasteiger partial charge in [0.05, 0.1) is 39.6 Å². The first kappa shape index (κ1) is 38.9. The molecule has 0 bridgehead atoms. The van der Waals surface area contributed by atoms with Crippen molar-refractivity contribution in [2.24, 2.45) is 0 Å². The summed E-state index contributed by atoms with van der Waals surface area (Å²) in [6, 6.07) is 31.2. The number of rotatable bonds is 11. The highest BCUT2D eigenvalue weighted by Gasteiger charge is 2.34. The minimum atomic E-state index is -1.20. The van der Waals surface area contributed by atoms with Gasteiger partial charge in [0.1, 0.15) is 0 Å². The second-order valence-electron chi connectivity index (χ2n) is 14.0. The van der Waals surface area contributed by atoms with Crippen LogP contribution in [0.25, 0.3) is 11.1 Å². The minimum Gasteiger partial charge on any atom is -0.481 e. The minimum absolute atomic E-state index is 0.439. The van der Waals surface area contributed by atoms with E-state index in [4.69, 9.17) is 28.9 Å². The lowest BCUT2D eigenvalue weighted by molar-refractivity contribution is 0.362. The molecule has 0 spiro atoms. The molecule has 278 valence electrons. The van der Waals surface area contributed by atoms with Crippen molar-refractivity contribution in [3.63, 3.8) is 0 Å². The van der Waals surface area contributed by atoms with Crippen LogP contribution in [0.4, 0.5) is 0 Å². The fourth-order valence-electron chi connectivity index (χ4n) is 7.30. The smallest absolute Gasteiger partial charge is 0.225 e. The SMILES string of the molecule is COc1cc(P(c2ccc(C)cc2C)c2ccc(C)cc2C)c(-c2c(P(c3ccc(C)cc3C)c3ccc(C)cc3C)cc(OC)nc2OC)c(OC)n1. The molecular formula is C46H50N2O4P2. The molecule has 0 unspecified atom stereocenters. The lowest BCUT2D eigenvalue weighted by Crippen LogP contribution is -2.30. The number of hydrogen-bond donors (Lipinski definition) is 0. The summed E-state index contributed by atoms with van der Waals surface area (Å²) in [5.74, 6) is 1.82. The number of benzene rings is 4. The van der Waals surface area contributed by atoms with Gasteiger partial charge in [-0.05, 0) is 115 Å². The van der Waals surface area contributed by atoms with Crippen LogP contribution in [0.15, 0.2) is 84.9 Å². The molecule has 2 heterocycles. The maximum absolute atomic E-state index is 6.30. The number of aryl methyl sites for hydroxylation is 8. The van der Waals surface area contributed by atoms with Crippen LogP contribution < -0.4 is 50.8 Å². The molecule has 8 heteroatoms. The third kappa shape index (κ3) is 7.61. The van der Waals surface area contributed by atoms with E-state index in [0.717, 1.165) is 21.7 Å². The Morgan fingerprint density at radius 2 is 0.630 bits per heavy atom. The predicted molar refractivity (Wildman–Crippen MR) is 229 cm³/mol. The topological polar surface area (TPSA) is 62.7 Å². The summed E-state index contributed by atoms with van der Waals surface area (Å²) in [5.41, 5.74) is 11.4. The Morgan fingerprint density at radius 1 is 0.352 bits per heavy atom. The molecule has 0 atom stereocenters. The maximum Gasteiger partial charge on any atom is 0.225 e. The largest absolute Gasteiger partial charge is 0.481 e. The zero-order valence-corrected chi connectivity index (χ0v) is 35.3. The number of hydrogen-bond acceptors (Lipinski definition) is 6. The lowest BCUT2D eigenvalue weighted by atomic mass is 10.1. The number of ether oxygens (including phenoxy) is 4. The highest BCUT2D eigenvalue weighted by atomic mass is 31.1. The van der Waals surface area contributed by atoms with Crippen LogP contribution in [0, 0.1) is 55.4 Å². The standard InChI is InChI=1S/C46H50N2O4P2/c1-27-13-17-35(31(5)21-27)53(36-18-14-28(2)22-32(36)6)39-25-41(49-9)47-45(51-11)43(39)44-40(26-42(50-10)48-46(44)52-12)54(37-19-15-29(3)23-33(37)7)38-20-16-30(4)24-34(38)8/h13-26H,1-12H3. The van der Waals surface area contributed by atoms with Crippen molar-refractivity contribution in [2.45, 2.75) is 55.4 Å². The Morgan fingerprint density at radius 3 is 0.852 bits per heavy atom. The van der Waals surface area contributed by atoms with Crippen molar-refractivity contribution in [1.82, 2.24) is 9.97 Å². The van der Waals surface area contributed by atoms with Crippen molar-refractivity contribution in [2.75, 3.05) is 28.4 Å². The first-order valence-corrected chi connectivity index (χ1v) is 20.7. The van der Waals surface area contributed by atoms with Crippen LogP contribution in [0.1, 0.15) is 44.5 Å². The van der Waals surface area contributed by atoms with Gasteiger partial charge in [0.15, 0.2) is 0 Å². The van der Waals surface area contributed by atoms with Crippen LogP contribution in [0.2, 0.25) is 0 Å². The average Bonchev–Trinajstić information content (AvgIpc) is 3.14. The molecule has 6 aromatic rings. The summed E-state index contributed by atoms with van der Waals surface area (Å²) < 4.78 is 24.5. The molecule has 0 N–H and O–H groups in total. The summed E-state index contributed by atoms with van der Waals surface area (Å²) in [5, 5.41) is 7.05. The fourth-order valence-corrected chi connectivity index (χ4v) is 12.8. The summed E-state index contributed by atoms with van der Waals surface area (Å²) in [6.07, 6.45) is 0. The van der Waals surface area contributed by atoms with E-state index < -0.39 is 15.8 Å². The van der Waals surface area contributed by atoms with E-state index in [0.29, 0.717) is 23.5 Å². The van der Waals surface area contributed by atoms with E-state index in [1.54, 1.807) is 28.4 Å². The molecule has 0 aliphatic rings. The maximum atomic E-state index is 6.30. The molecule has 0 amide bonds. The molecule has 0 saturated carbocycles. The quantitative estimate of drug-likeness (QED) is 0.125. The monoisotopic (exact) mass is 756 g/mol. The predicted octanol–water partition coefficient (Wildman–Crippen LogP) is 8.16. The first-order chi connectivity index (χ1) is 25.9. The molecule has 0 aliphatic heterocycles. The van der Waals surface area contributed by atoms with Gasteiger partial charge in [-0.1, -0.05) is 95.1 Å². The molecule has 54 heavy (non-hydrogen) atoms. The zero-order chi connectivity index (χ0) is 38.8. The highest BCUT2D eigenvalue weighted by molar-refractivity contribution is 7.81. The third-order valence-corrected chi connectivity index (χ3v) is 15.4. The zero-order valence-electron chi connectivity index (χ0n) is 33.5. The molecule has 2 aromatic heterocycles. The Labute approximate surface area is 323 Å². The number of pyridine rings is 2. The molecule has 6 nitrogen and oxygen atoms in total. The Hall–Kier alpha value is -4.76. The van der Waals surface area contributed by atoms with Crippen molar-refractivity contribution >= 4 is 47.7 Å². The molecule has 4 aromatic carbocycles. The van der Waals surface area contributed by atoms with Gasteiger partial charge >= 0.3 is 0 Å². The number of aromatic nitrogens is 2. The van der Waals surface area contributed by atoms with Gasteiger partial charge in [0, 0.05) is 22.7 Å². The van der Waals surface area contributed by atoms with E-state index in [1.165, 1.54) is 65.7 Å². The van der Waals surface area contributed by atoms with E-state index in [1.807, 2.05) is 0 Å². The van der Waals surface area contributed by atoms with E-state index >= 15 is 0 Å². The summed E-state index contributed by atoms with van der Waals surface area (Å²) in [6.45, 7) is 17.4. The van der Waals surface area contributed by atoms with Gasteiger partial charge in [-0.15, -0.1) is 0 Å². The van der Waals surface area contributed by atoms with Gasteiger partial charge in [-0.2, -0.15) is 9.97 Å². The average molecular weight is 757 g/mol. The van der Waals surface area contributed by atoms with Crippen molar-refractivity contribution in [1.29, 1.82) is 0 Å². The lowest BCUT2D eigenvalue weighted by Gasteiger charge is -2.30. The van der Waals surface area contributed by atoms with E-state index in [-0.39, 0.29) is 0 Å². The van der Waals surface area contributed by atoms with Crippen molar-refractivity contribution in [3.05, 3.63) is 129 Å². The van der Waals surface area contributed by atoms with Gasteiger partial charge in [-0.3, -0.25) is 0 Å². The molecule has 6 rings (SSSR count). The number of methoxy groups -OCH3 is 4. The molecule has 0 radical (unpaired) electrons. The second-order valence-corrected chi connectivity index (χ2v) is 18.2. The van der Waals surface area contributed by atoms with E-state index in [2.05, 4.69) is 140 Å². The summed E-state index contributed by atoms with van der Waals surface area (Å²) in [7, 11) is 4.26. The third-order valence-electron chi connectivity index (χ3n) is 9.79. The molecule has 0 fully saturated rings. The Balaban J connectivity index is 1.83. The molecular weight excluding hydrogens is 706 g/mol. The van der Waals surface area contributed by atoms with Gasteiger partial charge in [-0.25, -0.2) is 0 Å². The van der Waals surface area contributed by atoms with Crippen molar-refractivity contribution < 1.29 is 18.9 Å². The summed E-state index contributed by atoms with van der Waals surface area (Å²) in [4.78, 5) is 9.94. The van der Waals surface area contributed by atoms with Crippen LogP contribution >= 0.6 is 15.8 Å². The Bertz CT molecular complexity index is 2090. The second kappa shape index (κ2) is 16.3. The highest BCUT2D eigenvalue weighted by Crippen LogP contribution is 2.48. The summed E-state index contributed by atoms with van der Waals surface area (Å²) >= 11 is 0. The van der Waals surface area contributed by atoms with Crippen molar-refractivity contribution in [3.8, 4) is 34.6 Å². The normalized spacial score (nSPS) is 11.3. The van der Waals surface area contributed by atoms with Crippen LogP contribution in [0.3, 0.4) is 0 Å². The molecule has 0 aliphatic carbocycles. The van der Waals surface area contributed by atoms with Crippen LogP contribution in [-0.4, -0.2) is 38.4 Å².